The molecule has 0 bridgehead atoms. The molecular formula is C25H17F4N3O5S. The minimum atomic E-state index is -4.79. The van der Waals surface area contributed by atoms with Crippen LogP contribution in [0.4, 0.5) is 28.9 Å². The Kier molecular flexibility index (Phi) is 9.03. The van der Waals surface area contributed by atoms with E-state index in [2.05, 4.69) is 0 Å². The molecule has 0 saturated carbocycles. The smallest absolute Gasteiger partial charge is 0.416 e. The molecule has 0 aromatic heterocycles. The fraction of sp³-hybridized carbons (Fsp3) is 0.160. The maximum atomic E-state index is 14.2. The molecule has 0 aliphatic rings. The second-order valence-electron chi connectivity index (χ2n) is 7.52. The van der Waals surface area contributed by atoms with Gasteiger partial charge >= 0.3 is 12.1 Å². The highest BCUT2D eigenvalue weighted by Gasteiger charge is 2.33. The number of ether oxygens (including phenoxy) is 1. The van der Waals surface area contributed by atoms with Crippen molar-refractivity contribution in [3.63, 3.8) is 0 Å². The van der Waals surface area contributed by atoms with Gasteiger partial charge in [0.05, 0.1) is 39.1 Å². The molecule has 0 heterocycles. The van der Waals surface area contributed by atoms with Crippen molar-refractivity contribution in [2.75, 3.05) is 18.1 Å². The highest BCUT2D eigenvalue weighted by Crippen LogP contribution is 2.40. The average Bonchev–Trinajstić information content (AvgIpc) is 2.88. The number of hydrogen-bond acceptors (Lipinski definition) is 7. The highest BCUT2D eigenvalue weighted by molar-refractivity contribution is 7.99. The van der Waals surface area contributed by atoms with Gasteiger partial charge in [-0.3, -0.25) is 14.9 Å². The van der Waals surface area contributed by atoms with Crippen molar-refractivity contribution in [3.05, 3.63) is 93.8 Å². The molecule has 0 fully saturated rings. The van der Waals surface area contributed by atoms with Crippen LogP contribution in [-0.4, -0.2) is 30.0 Å². The normalized spacial score (nSPS) is 10.9. The number of nitro groups is 1. The molecule has 0 saturated heterocycles. The van der Waals surface area contributed by atoms with E-state index in [0.717, 1.165) is 17.0 Å². The van der Waals surface area contributed by atoms with E-state index in [4.69, 9.17) is 10.00 Å². The summed E-state index contributed by atoms with van der Waals surface area (Å²) in [5.74, 6) is -2.52. The molecule has 13 heteroatoms. The number of rotatable bonds is 9. The maximum Gasteiger partial charge on any atom is 0.416 e. The molecule has 0 N–H and O–H groups in total. The van der Waals surface area contributed by atoms with E-state index in [9.17, 15) is 37.3 Å². The number of carbonyl (C=O) groups excluding carboxylic acids is 2. The summed E-state index contributed by atoms with van der Waals surface area (Å²) in [5, 5.41) is 20.3. The highest BCUT2D eigenvalue weighted by atomic mass is 32.2. The summed E-state index contributed by atoms with van der Waals surface area (Å²) < 4.78 is 58.4. The van der Waals surface area contributed by atoms with E-state index in [-0.39, 0.29) is 34.0 Å². The van der Waals surface area contributed by atoms with Gasteiger partial charge in [-0.05, 0) is 36.4 Å². The summed E-state index contributed by atoms with van der Waals surface area (Å²) >= 11 is 0.676. The number of alkyl halides is 3. The molecule has 0 unspecified atom stereocenters. The first-order chi connectivity index (χ1) is 18.0. The summed E-state index contributed by atoms with van der Waals surface area (Å²) in [5.41, 5.74) is -2.21. The molecule has 3 rings (SSSR count). The molecular weight excluding hydrogens is 530 g/mol. The minimum absolute atomic E-state index is 0.102. The number of para-hydroxylation sites is 1. The largest absolute Gasteiger partial charge is 0.452 e. The van der Waals surface area contributed by atoms with E-state index in [1.807, 2.05) is 6.07 Å². The number of nitro benzene ring substituents is 1. The molecule has 0 aliphatic heterocycles. The topological polar surface area (TPSA) is 114 Å². The lowest BCUT2D eigenvalue weighted by molar-refractivity contribution is -0.388. The summed E-state index contributed by atoms with van der Waals surface area (Å²) in [6.45, 7) is -0.962. The third-order valence-corrected chi connectivity index (χ3v) is 6.17. The van der Waals surface area contributed by atoms with Gasteiger partial charge in [0.15, 0.2) is 6.61 Å². The van der Waals surface area contributed by atoms with Crippen LogP contribution in [0.1, 0.15) is 22.3 Å². The second kappa shape index (κ2) is 12.2. The van der Waals surface area contributed by atoms with Crippen molar-refractivity contribution in [2.45, 2.75) is 22.4 Å². The lowest BCUT2D eigenvalue weighted by Crippen LogP contribution is -2.36. The van der Waals surface area contributed by atoms with Crippen molar-refractivity contribution in [1.29, 1.82) is 5.26 Å². The van der Waals surface area contributed by atoms with E-state index in [0.29, 0.717) is 23.9 Å². The molecule has 8 nitrogen and oxygen atoms in total. The number of hydrogen-bond donors (Lipinski definition) is 0. The Labute approximate surface area is 217 Å². The maximum absolute atomic E-state index is 14.2. The van der Waals surface area contributed by atoms with Crippen molar-refractivity contribution >= 4 is 35.0 Å². The molecule has 196 valence electrons. The summed E-state index contributed by atoms with van der Waals surface area (Å²) in [6.07, 6.45) is -4.90. The first-order valence-corrected chi connectivity index (χ1v) is 11.6. The van der Waals surface area contributed by atoms with E-state index >= 15 is 0 Å². The third-order valence-electron chi connectivity index (χ3n) is 5.03. The first-order valence-electron chi connectivity index (χ1n) is 10.7. The minimum Gasteiger partial charge on any atom is -0.452 e. The van der Waals surface area contributed by atoms with Crippen LogP contribution in [-0.2, 0) is 15.7 Å². The predicted octanol–water partition coefficient (Wildman–Crippen LogP) is 6.01. The lowest BCUT2D eigenvalue weighted by Gasteiger charge is -2.22. The van der Waals surface area contributed by atoms with E-state index in [1.54, 1.807) is 0 Å². The zero-order chi connectivity index (χ0) is 27.9. The van der Waals surface area contributed by atoms with Crippen molar-refractivity contribution < 1.29 is 36.8 Å². The third kappa shape index (κ3) is 6.86. The molecule has 0 atom stereocenters. The van der Waals surface area contributed by atoms with Gasteiger partial charge in [-0.1, -0.05) is 36.0 Å². The predicted molar refractivity (Wildman–Crippen MR) is 128 cm³/mol. The molecule has 0 aliphatic carbocycles. The molecule has 3 aromatic carbocycles. The zero-order valence-corrected chi connectivity index (χ0v) is 20.1. The number of anilines is 1. The van der Waals surface area contributed by atoms with Crippen LogP contribution in [0.2, 0.25) is 0 Å². The Balaban J connectivity index is 1.81. The van der Waals surface area contributed by atoms with Gasteiger partial charge in [-0.15, -0.1) is 0 Å². The van der Waals surface area contributed by atoms with Crippen molar-refractivity contribution in [3.8, 4) is 6.07 Å². The number of halogens is 4. The summed E-state index contributed by atoms with van der Waals surface area (Å²) in [6, 6.07) is 14.9. The van der Waals surface area contributed by atoms with Crippen LogP contribution in [0.25, 0.3) is 0 Å². The van der Waals surface area contributed by atoms with Gasteiger partial charge in [0, 0.05) is 17.5 Å². The number of benzene rings is 3. The monoisotopic (exact) mass is 547 g/mol. The lowest BCUT2D eigenvalue weighted by atomic mass is 10.2. The number of amides is 1. The van der Waals surface area contributed by atoms with Crippen molar-refractivity contribution in [1.82, 2.24) is 0 Å². The second-order valence-corrected chi connectivity index (χ2v) is 8.60. The zero-order valence-electron chi connectivity index (χ0n) is 19.3. The fourth-order valence-electron chi connectivity index (χ4n) is 3.26. The Morgan fingerprint density at radius 3 is 2.39 bits per heavy atom. The van der Waals surface area contributed by atoms with Crippen molar-refractivity contribution in [2.24, 2.45) is 0 Å². The van der Waals surface area contributed by atoms with Gasteiger partial charge in [-0.25, -0.2) is 9.18 Å². The van der Waals surface area contributed by atoms with Gasteiger partial charge in [0.1, 0.15) is 5.82 Å². The van der Waals surface area contributed by atoms with Crippen LogP contribution < -0.4 is 4.90 Å². The number of carbonyl (C=O) groups is 2. The van der Waals surface area contributed by atoms with Crippen LogP contribution in [0.15, 0.2) is 76.5 Å². The molecule has 1 amide bonds. The number of nitriles is 1. The standard InChI is InChI=1S/C25H17F4N3O5S/c26-18-7-2-3-8-19(18)31(13-5-12-30)23(33)15-37-24(34)17-6-1-4-9-21(17)38-22-11-10-16(25(27,28)29)14-20(22)32(35)36/h1-4,6-11,14H,5,13,15H2. The first kappa shape index (κ1) is 28.1. The Morgan fingerprint density at radius 2 is 1.74 bits per heavy atom. The molecule has 3 aromatic rings. The fourth-order valence-corrected chi connectivity index (χ4v) is 4.28. The van der Waals surface area contributed by atoms with Gasteiger partial charge in [0.2, 0.25) is 0 Å². The molecule has 0 radical (unpaired) electrons. The number of esters is 1. The Morgan fingerprint density at radius 1 is 1.05 bits per heavy atom. The Hall–Kier alpha value is -4.44. The van der Waals surface area contributed by atoms with Gasteiger partial charge in [-0.2, -0.15) is 18.4 Å². The van der Waals surface area contributed by atoms with Crippen LogP contribution >= 0.6 is 11.8 Å². The Bertz CT molecular complexity index is 1410. The summed E-state index contributed by atoms with van der Waals surface area (Å²) in [7, 11) is 0. The summed E-state index contributed by atoms with van der Waals surface area (Å²) in [4.78, 5) is 36.9. The SMILES string of the molecule is N#CCCN(C(=O)COC(=O)c1ccccc1Sc1ccc(C(F)(F)F)cc1[N+](=O)[O-])c1ccccc1F. The van der Waals surface area contributed by atoms with E-state index in [1.165, 1.54) is 42.5 Å². The quantitative estimate of drug-likeness (QED) is 0.140. The van der Waals surface area contributed by atoms with E-state index < -0.39 is 46.7 Å². The van der Waals surface area contributed by atoms with Crippen LogP contribution in [0, 0.1) is 27.3 Å². The van der Waals surface area contributed by atoms with Crippen LogP contribution in [0.5, 0.6) is 0 Å². The average molecular weight is 547 g/mol. The van der Waals surface area contributed by atoms with Gasteiger partial charge < -0.3 is 9.64 Å². The molecule has 38 heavy (non-hydrogen) atoms. The van der Waals surface area contributed by atoms with Gasteiger partial charge in [0.25, 0.3) is 11.6 Å². The molecule has 0 spiro atoms. The number of nitrogens with zero attached hydrogens (tertiary/aromatic N) is 3. The van der Waals surface area contributed by atoms with Crippen LogP contribution in [0.3, 0.4) is 0 Å².